The Morgan fingerprint density at radius 1 is 0.681 bits per heavy atom. The first-order chi connectivity index (χ1) is 22.9. The van der Waals surface area contributed by atoms with Gasteiger partial charge in [0.15, 0.2) is 5.69 Å². The highest BCUT2D eigenvalue weighted by atomic mass is 16.5. The van der Waals surface area contributed by atoms with Crippen molar-refractivity contribution < 1.29 is 23.9 Å². The maximum Gasteiger partial charge on any atom is 0.276 e. The molecule has 0 unspecified atom stereocenters. The van der Waals surface area contributed by atoms with Crippen molar-refractivity contribution >= 4 is 29.1 Å². The van der Waals surface area contributed by atoms with Crippen molar-refractivity contribution in [3.05, 3.63) is 150 Å². The van der Waals surface area contributed by atoms with Crippen LogP contribution in [0.1, 0.15) is 36.8 Å². The van der Waals surface area contributed by atoms with Gasteiger partial charge in [-0.05, 0) is 104 Å². The van der Waals surface area contributed by atoms with E-state index in [2.05, 4.69) is 10.4 Å². The summed E-state index contributed by atoms with van der Waals surface area (Å²) in [5.41, 5.74) is 5.40. The lowest BCUT2D eigenvalue weighted by Crippen LogP contribution is -2.29. The lowest BCUT2D eigenvalue weighted by molar-refractivity contribution is 0.0924. The molecule has 7 rings (SSSR count). The van der Waals surface area contributed by atoms with E-state index in [1.54, 1.807) is 72.5 Å². The molecule has 0 spiro atoms. The predicted octanol–water partition coefficient (Wildman–Crippen LogP) is 7.70. The van der Waals surface area contributed by atoms with Crippen molar-refractivity contribution in [2.24, 2.45) is 0 Å². The fourth-order valence-electron chi connectivity index (χ4n) is 5.37. The zero-order chi connectivity index (χ0) is 32.5. The highest BCUT2D eigenvalue weighted by molar-refractivity contribution is 6.34. The van der Waals surface area contributed by atoms with Gasteiger partial charge in [-0.3, -0.25) is 14.4 Å². The molecule has 2 heterocycles. The number of methoxy groups -OCH3 is 1. The second-order valence-electron chi connectivity index (χ2n) is 11.0. The number of aryl methyl sites for hydroxylation is 1. The van der Waals surface area contributed by atoms with Crippen LogP contribution in [0.4, 0.5) is 11.4 Å². The Labute approximate surface area is 270 Å². The molecule has 47 heavy (non-hydrogen) atoms. The Morgan fingerprint density at radius 3 is 2.04 bits per heavy atom. The topological polar surface area (TPSA) is 103 Å². The van der Waals surface area contributed by atoms with Crippen LogP contribution in [0.2, 0.25) is 0 Å². The van der Waals surface area contributed by atoms with E-state index in [0.717, 1.165) is 28.3 Å². The van der Waals surface area contributed by atoms with Crippen LogP contribution >= 0.6 is 0 Å². The number of carbonyl (C=O) groups is 3. The summed E-state index contributed by atoms with van der Waals surface area (Å²) < 4.78 is 13.0. The summed E-state index contributed by atoms with van der Waals surface area (Å²) in [6.07, 6.45) is 0. The normalized spacial score (nSPS) is 12.2. The molecule has 0 fully saturated rings. The summed E-state index contributed by atoms with van der Waals surface area (Å²) in [6, 6.07) is 37.8. The van der Waals surface area contributed by atoms with E-state index < -0.39 is 5.91 Å². The molecule has 1 aliphatic heterocycles. The molecule has 0 saturated heterocycles. The molecule has 3 amide bonds. The Hall–Kier alpha value is -6.48. The van der Waals surface area contributed by atoms with Gasteiger partial charge in [-0.2, -0.15) is 5.10 Å². The molecule has 5 aromatic carbocycles. The molecule has 6 aromatic rings. The summed E-state index contributed by atoms with van der Waals surface area (Å²) in [4.78, 5) is 40.7. The van der Waals surface area contributed by atoms with Gasteiger partial charge in [0.1, 0.15) is 17.2 Å². The lowest BCUT2D eigenvalue weighted by atomic mass is 10.1. The van der Waals surface area contributed by atoms with E-state index in [-0.39, 0.29) is 23.1 Å². The smallest absolute Gasteiger partial charge is 0.276 e. The number of aromatic nitrogens is 2. The van der Waals surface area contributed by atoms with Crippen LogP contribution in [0.3, 0.4) is 0 Å². The van der Waals surface area contributed by atoms with Gasteiger partial charge < -0.3 is 14.8 Å². The van der Waals surface area contributed by atoms with Gasteiger partial charge in [0.2, 0.25) is 0 Å². The summed E-state index contributed by atoms with van der Waals surface area (Å²) in [7, 11) is 1.61. The maximum absolute atomic E-state index is 13.3. The van der Waals surface area contributed by atoms with Crippen LogP contribution in [0, 0.1) is 6.92 Å². The molecule has 230 valence electrons. The van der Waals surface area contributed by atoms with Crippen molar-refractivity contribution in [1.82, 2.24) is 9.78 Å². The molecule has 9 heteroatoms. The zero-order valence-electron chi connectivity index (χ0n) is 25.5. The molecule has 0 saturated carbocycles. The highest BCUT2D eigenvalue weighted by Crippen LogP contribution is 2.33. The number of hydrogen-bond acceptors (Lipinski definition) is 6. The minimum atomic E-state index is -0.401. The minimum absolute atomic E-state index is 0.247. The number of benzene rings is 5. The van der Waals surface area contributed by atoms with E-state index in [9.17, 15) is 14.4 Å². The third-order valence-electron chi connectivity index (χ3n) is 7.83. The number of nitrogens with one attached hydrogen (secondary N) is 1. The van der Waals surface area contributed by atoms with Crippen LogP contribution in [-0.4, -0.2) is 34.6 Å². The van der Waals surface area contributed by atoms with Crippen molar-refractivity contribution in [2.75, 3.05) is 17.3 Å². The van der Waals surface area contributed by atoms with Gasteiger partial charge in [0, 0.05) is 11.3 Å². The van der Waals surface area contributed by atoms with Crippen molar-refractivity contribution in [3.63, 3.8) is 0 Å². The Kier molecular flexibility index (Phi) is 7.55. The number of hydrogen-bond donors (Lipinski definition) is 1. The summed E-state index contributed by atoms with van der Waals surface area (Å²) in [5.74, 6) is 0.486. The third kappa shape index (κ3) is 5.73. The molecule has 0 bridgehead atoms. The average molecular weight is 621 g/mol. The minimum Gasteiger partial charge on any atom is -0.497 e. The van der Waals surface area contributed by atoms with Gasteiger partial charge >= 0.3 is 0 Å². The Morgan fingerprint density at radius 2 is 1.34 bits per heavy atom. The van der Waals surface area contributed by atoms with Crippen LogP contribution in [0.5, 0.6) is 17.2 Å². The molecular weight excluding hydrogens is 592 g/mol. The molecular formula is C38H28N4O5. The van der Waals surface area contributed by atoms with Crippen LogP contribution < -0.4 is 19.7 Å². The first kappa shape index (κ1) is 29.2. The summed E-state index contributed by atoms with van der Waals surface area (Å²) in [6.45, 7) is 1.94. The van der Waals surface area contributed by atoms with E-state index in [4.69, 9.17) is 9.47 Å². The highest BCUT2D eigenvalue weighted by Gasteiger charge is 2.37. The van der Waals surface area contributed by atoms with Crippen LogP contribution in [0.25, 0.3) is 16.9 Å². The Balaban J connectivity index is 1.07. The molecule has 9 nitrogen and oxygen atoms in total. The predicted molar refractivity (Wildman–Crippen MR) is 179 cm³/mol. The fraction of sp³-hybridized carbons (Fsp3) is 0.0526. The lowest BCUT2D eigenvalue weighted by Gasteiger charge is -2.13. The number of ether oxygens (including phenoxy) is 2. The SMILES string of the molecule is COc1ccc(-c2cc(C(=O)Nc3ccc(Oc4ccc5c(c4)C(=O)N(c4ccc(C)cc4)C5=O)cc3)nn2-c2ccccc2)cc1. The average Bonchev–Trinajstić information content (AvgIpc) is 3.66. The largest absolute Gasteiger partial charge is 0.497 e. The van der Waals surface area contributed by atoms with Gasteiger partial charge in [0.25, 0.3) is 17.7 Å². The first-order valence-electron chi connectivity index (χ1n) is 14.9. The summed E-state index contributed by atoms with van der Waals surface area (Å²) in [5, 5.41) is 7.53. The Bertz CT molecular complexity index is 2120. The number of imide groups is 1. The molecule has 1 aromatic heterocycles. The molecule has 1 aliphatic rings. The van der Waals surface area contributed by atoms with Crippen molar-refractivity contribution in [1.29, 1.82) is 0 Å². The summed E-state index contributed by atoms with van der Waals surface area (Å²) >= 11 is 0. The number of nitrogens with zero attached hydrogens (tertiary/aromatic N) is 3. The van der Waals surface area contributed by atoms with E-state index in [1.165, 1.54) is 4.90 Å². The number of rotatable bonds is 8. The van der Waals surface area contributed by atoms with Crippen LogP contribution in [0.15, 0.2) is 127 Å². The van der Waals surface area contributed by atoms with Crippen molar-refractivity contribution in [3.8, 4) is 34.2 Å². The molecule has 1 N–H and O–H groups in total. The van der Waals surface area contributed by atoms with E-state index >= 15 is 0 Å². The second-order valence-corrected chi connectivity index (χ2v) is 11.0. The van der Waals surface area contributed by atoms with Gasteiger partial charge in [-0.15, -0.1) is 0 Å². The molecule has 0 atom stereocenters. The quantitative estimate of drug-likeness (QED) is 0.175. The number of carbonyl (C=O) groups excluding carboxylic acids is 3. The monoisotopic (exact) mass is 620 g/mol. The van der Waals surface area contributed by atoms with Crippen molar-refractivity contribution in [2.45, 2.75) is 6.92 Å². The number of fused-ring (bicyclic) bond motifs is 1. The zero-order valence-corrected chi connectivity index (χ0v) is 25.5. The molecule has 0 radical (unpaired) electrons. The fourth-order valence-corrected chi connectivity index (χ4v) is 5.37. The van der Waals surface area contributed by atoms with Crippen LogP contribution in [-0.2, 0) is 0 Å². The second kappa shape index (κ2) is 12.1. The van der Waals surface area contributed by atoms with Gasteiger partial charge in [-0.25, -0.2) is 9.58 Å². The van der Waals surface area contributed by atoms with Gasteiger partial charge in [0.05, 0.1) is 35.3 Å². The van der Waals surface area contributed by atoms with E-state index in [1.807, 2.05) is 73.7 Å². The van der Waals surface area contributed by atoms with E-state index in [0.29, 0.717) is 28.4 Å². The number of amides is 3. The standard InChI is InChI=1S/C38H28N4O5/c1-24-8-14-27(15-9-24)41-37(44)32-21-20-31(22-33(32)38(41)45)47-30-18-12-26(13-19-30)39-36(43)34-23-35(25-10-16-29(46-2)17-11-25)42(40-34)28-6-4-3-5-7-28/h3-23H,1-2H3,(H,39,43). The number of anilines is 2. The van der Waals surface area contributed by atoms with Gasteiger partial charge in [-0.1, -0.05) is 35.9 Å². The molecule has 0 aliphatic carbocycles. The maximum atomic E-state index is 13.3. The first-order valence-corrected chi connectivity index (χ1v) is 14.9. The third-order valence-corrected chi connectivity index (χ3v) is 7.83. The number of para-hydroxylation sites is 1.